The second-order valence-electron chi connectivity index (χ2n) is 4.93. The zero-order valence-electron chi connectivity index (χ0n) is 12.8. The summed E-state index contributed by atoms with van der Waals surface area (Å²) in [5.41, 5.74) is 5.54. The lowest BCUT2D eigenvalue weighted by atomic mass is 10.2. The lowest BCUT2D eigenvalue weighted by Crippen LogP contribution is -2.02. The van der Waals surface area contributed by atoms with Gasteiger partial charge in [-0.15, -0.1) is 10.2 Å². The summed E-state index contributed by atoms with van der Waals surface area (Å²) in [6, 6.07) is 27.1. The number of para-hydroxylation sites is 1. The molecule has 3 aromatic carbocycles. The summed E-state index contributed by atoms with van der Waals surface area (Å²) in [6.07, 6.45) is 0. The van der Waals surface area contributed by atoms with Gasteiger partial charge in [0, 0.05) is 10.0 Å². The maximum absolute atomic E-state index is 4.42. The van der Waals surface area contributed by atoms with Crippen LogP contribution in [0.3, 0.4) is 0 Å². The highest BCUT2D eigenvalue weighted by Crippen LogP contribution is 2.19. The van der Waals surface area contributed by atoms with Gasteiger partial charge >= 0.3 is 0 Å². The van der Waals surface area contributed by atoms with E-state index >= 15 is 0 Å². The highest BCUT2D eigenvalue weighted by atomic mass is 79.9. The largest absolute Gasteiger partial charge is 0.276 e. The summed E-state index contributed by atoms with van der Waals surface area (Å²) < 4.78 is 0.908. The molecule has 4 nitrogen and oxygen atoms in total. The fourth-order valence-electron chi connectivity index (χ4n) is 2.01. The van der Waals surface area contributed by atoms with Crippen LogP contribution >= 0.6 is 15.9 Å². The number of hydrogen-bond acceptors (Lipinski definition) is 3. The Bertz CT molecular complexity index is 846. The molecule has 5 heteroatoms. The first-order valence-corrected chi connectivity index (χ1v) is 8.23. The van der Waals surface area contributed by atoms with Crippen LogP contribution in [0.1, 0.15) is 5.56 Å². The predicted molar refractivity (Wildman–Crippen MR) is 102 cm³/mol. The average Bonchev–Trinajstić information content (AvgIpc) is 2.64. The van der Waals surface area contributed by atoms with E-state index in [1.54, 1.807) is 0 Å². The third-order valence-electron chi connectivity index (χ3n) is 3.20. The molecule has 3 aromatic rings. The van der Waals surface area contributed by atoms with Gasteiger partial charge in [-0.05, 0) is 36.4 Å². The van der Waals surface area contributed by atoms with E-state index in [0.717, 1.165) is 21.4 Å². The lowest BCUT2D eigenvalue weighted by molar-refractivity contribution is 1.22. The van der Waals surface area contributed by atoms with E-state index in [1.807, 2.05) is 84.9 Å². The standard InChI is InChI=1S/C19H15BrN4/c20-18-14-8-7-13-17(18)19(23-21-15-9-3-1-4-10-15)24-22-16-11-5-2-6-12-16/h1-14,21H. The molecule has 0 radical (unpaired) electrons. The molecule has 0 saturated carbocycles. The third kappa shape index (κ3) is 4.36. The van der Waals surface area contributed by atoms with Gasteiger partial charge in [-0.25, -0.2) is 0 Å². The van der Waals surface area contributed by atoms with Gasteiger partial charge in [0.2, 0.25) is 5.84 Å². The van der Waals surface area contributed by atoms with Crippen molar-refractivity contribution in [1.82, 2.24) is 0 Å². The molecular formula is C19H15BrN4. The fraction of sp³-hybridized carbons (Fsp3) is 0. The van der Waals surface area contributed by atoms with Crippen LogP contribution in [0.4, 0.5) is 11.4 Å². The van der Waals surface area contributed by atoms with Crippen LogP contribution < -0.4 is 5.43 Å². The van der Waals surface area contributed by atoms with Crippen LogP contribution in [0.15, 0.2) is 105 Å². The Balaban J connectivity index is 1.92. The zero-order valence-corrected chi connectivity index (χ0v) is 14.4. The number of hydrazone groups is 1. The van der Waals surface area contributed by atoms with Crippen molar-refractivity contribution in [3.8, 4) is 0 Å². The molecule has 0 bridgehead atoms. The van der Waals surface area contributed by atoms with E-state index in [2.05, 4.69) is 36.7 Å². The number of rotatable bonds is 4. The van der Waals surface area contributed by atoms with Gasteiger partial charge in [-0.1, -0.05) is 64.5 Å². The number of nitrogens with zero attached hydrogens (tertiary/aromatic N) is 3. The molecule has 0 unspecified atom stereocenters. The predicted octanol–water partition coefficient (Wildman–Crippen LogP) is 6.01. The number of nitrogens with one attached hydrogen (secondary N) is 1. The topological polar surface area (TPSA) is 49.1 Å². The Labute approximate surface area is 149 Å². The van der Waals surface area contributed by atoms with Crippen molar-refractivity contribution < 1.29 is 0 Å². The first-order chi connectivity index (χ1) is 11.8. The second-order valence-corrected chi connectivity index (χ2v) is 5.78. The highest BCUT2D eigenvalue weighted by Gasteiger charge is 2.07. The minimum atomic E-state index is 0.496. The number of hydrogen-bond donors (Lipinski definition) is 1. The molecule has 0 aromatic heterocycles. The first-order valence-electron chi connectivity index (χ1n) is 7.43. The average molecular weight is 379 g/mol. The Kier molecular flexibility index (Phi) is 5.48. The summed E-state index contributed by atoms with van der Waals surface area (Å²) in [5.74, 6) is 0.496. The lowest BCUT2D eigenvalue weighted by Gasteiger charge is -2.05. The van der Waals surface area contributed by atoms with Crippen molar-refractivity contribution in [3.05, 3.63) is 95.0 Å². The maximum atomic E-state index is 4.42. The van der Waals surface area contributed by atoms with Gasteiger partial charge in [0.25, 0.3) is 0 Å². The Morgan fingerprint density at radius 2 is 1.38 bits per heavy atom. The highest BCUT2D eigenvalue weighted by molar-refractivity contribution is 9.10. The third-order valence-corrected chi connectivity index (χ3v) is 3.89. The smallest absolute Gasteiger partial charge is 0.202 e. The zero-order chi connectivity index (χ0) is 16.6. The molecule has 118 valence electrons. The van der Waals surface area contributed by atoms with E-state index in [9.17, 15) is 0 Å². The van der Waals surface area contributed by atoms with Gasteiger partial charge in [0.1, 0.15) is 0 Å². The molecular weight excluding hydrogens is 364 g/mol. The Morgan fingerprint density at radius 3 is 2.08 bits per heavy atom. The maximum Gasteiger partial charge on any atom is 0.202 e. The van der Waals surface area contributed by atoms with Crippen molar-refractivity contribution in [1.29, 1.82) is 0 Å². The SMILES string of the molecule is Brc1ccccc1C(N=Nc1ccccc1)=NNc1ccccc1. The van der Waals surface area contributed by atoms with Crippen molar-refractivity contribution >= 4 is 33.1 Å². The first kappa shape index (κ1) is 16.1. The molecule has 24 heavy (non-hydrogen) atoms. The molecule has 0 spiro atoms. The van der Waals surface area contributed by atoms with Gasteiger partial charge < -0.3 is 0 Å². The van der Waals surface area contributed by atoms with E-state index in [4.69, 9.17) is 0 Å². The molecule has 0 fully saturated rings. The second kappa shape index (κ2) is 8.17. The van der Waals surface area contributed by atoms with E-state index in [0.29, 0.717) is 5.84 Å². The van der Waals surface area contributed by atoms with Crippen LogP contribution in [0, 0.1) is 0 Å². The van der Waals surface area contributed by atoms with Crippen LogP contribution in [0.2, 0.25) is 0 Å². The summed E-state index contributed by atoms with van der Waals surface area (Å²) in [5, 5.41) is 13.0. The number of benzene rings is 3. The number of anilines is 1. The van der Waals surface area contributed by atoms with Crippen molar-refractivity contribution in [2.75, 3.05) is 5.43 Å². The van der Waals surface area contributed by atoms with E-state index in [1.165, 1.54) is 0 Å². The summed E-state index contributed by atoms with van der Waals surface area (Å²) >= 11 is 3.54. The van der Waals surface area contributed by atoms with Gasteiger partial charge in [-0.3, -0.25) is 5.43 Å². The molecule has 0 aliphatic heterocycles. The van der Waals surface area contributed by atoms with E-state index in [-0.39, 0.29) is 0 Å². The van der Waals surface area contributed by atoms with Crippen LogP contribution in [-0.2, 0) is 0 Å². The Hall–Kier alpha value is -2.79. The van der Waals surface area contributed by atoms with Crippen molar-refractivity contribution in [3.63, 3.8) is 0 Å². The van der Waals surface area contributed by atoms with Crippen molar-refractivity contribution in [2.24, 2.45) is 15.3 Å². The molecule has 0 saturated heterocycles. The minimum Gasteiger partial charge on any atom is -0.276 e. The van der Waals surface area contributed by atoms with Crippen LogP contribution in [0.25, 0.3) is 0 Å². The van der Waals surface area contributed by atoms with Crippen LogP contribution in [-0.4, -0.2) is 5.84 Å². The molecule has 3 rings (SSSR count). The number of amidine groups is 1. The Morgan fingerprint density at radius 1 is 0.750 bits per heavy atom. The normalized spacial score (nSPS) is 11.6. The molecule has 0 amide bonds. The monoisotopic (exact) mass is 378 g/mol. The van der Waals surface area contributed by atoms with Crippen molar-refractivity contribution in [2.45, 2.75) is 0 Å². The van der Waals surface area contributed by atoms with Gasteiger partial charge in [0.15, 0.2) is 0 Å². The fourth-order valence-corrected chi connectivity index (χ4v) is 2.47. The quantitative estimate of drug-likeness (QED) is 0.257. The molecule has 0 aliphatic rings. The molecule has 0 heterocycles. The van der Waals surface area contributed by atoms with Gasteiger partial charge in [0.05, 0.1) is 11.4 Å². The van der Waals surface area contributed by atoms with E-state index < -0.39 is 0 Å². The molecule has 0 aliphatic carbocycles. The summed E-state index contributed by atoms with van der Waals surface area (Å²) in [7, 11) is 0. The number of halogens is 1. The van der Waals surface area contributed by atoms with Crippen LogP contribution in [0.5, 0.6) is 0 Å². The summed E-state index contributed by atoms with van der Waals surface area (Å²) in [6.45, 7) is 0. The molecule has 1 N–H and O–H groups in total. The summed E-state index contributed by atoms with van der Waals surface area (Å²) in [4.78, 5) is 0. The van der Waals surface area contributed by atoms with Gasteiger partial charge in [-0.2, -0.15) is 5.10 Å². The number of azo groups is 1. The minimum absolute atomic E-state index is 0.496. The molecule has 0 atom stereocenters.